The molecule has 0 unspecified atom stereocenters. The molecule has 1 amide bonds. The molecule has 1 aliphatic rings. The third-order valence-electron chi connectivity index (χ3n) is 2.04. The number of hydrogen-bond acceptors (Lipinski definition) is 3. The predicted molar refractivity (Wildman–Crippen MR) is 46.4 cm³/mol. The van der Waals surface area contributed by atoms with Crippen molar-refractivity contribution in [1.29, 1.82) is 0 Å². The summed E-state index contributed by atoms with van der Waals surface area (Å²) in [4.78, 5) is 16.0. The van der Waals surface area contributed by atoms with Crippen LogP contribution in [0.1, 0.15) is 11.7 Å². The Labute approximate surface area is 75.6 Å². The summed E-state index contributed by atoms with van der Waals surface area (Å²) in [6.07, 6.45) is -0.367. The summed E-state index contributed by atoms with van der Waals surface area (Å²) in [7, 11) is 0. The molecule has 1 aliphatic heterocycles. The molecule has 1 fully saturated rings. The lowest BCUT2D eigenvalue weighted by Gasteiger charge is -2.10. The van der Waals surface area contributed by atoms with Crippen LogP contribution in [0, 0.1) is 0 Å². The highest BCUT2D eigenvalue weighted by Crippen LogP contribution is 2.22. The molecule has 4 nitrogen and oxygen atoms in total. The minimum absolute atomic E-state index is 0.270. The van der Waals surface area contributed by atoms with E-state index in [4.69, 9.17) is 10.6 Å². The summed E-state index contributed by atoms with van der Waals surface area (Å²) in [5.41, 5.74) is 8.78. The fraction of sp³-hybridized carbons (Fsp3) is 0.222. The van der Waals surface area contributed by atoms with E-state index in [1.54, 1.807) is 0 Å². The Bertz CT molecular complexity index is 313. The van der Waals surface area contributed by atoms with Crippen molar-refractivity contribution in [2.75, 3.05) is 0 Å². The van der Waals surface area contributed by atoms with Crippen LogP contribution in [-0.4, -0.2) is 11.9 Å². The third-order valence-corrected chi connectivity index (χ3v) is 2.04. The zero-order valence-electron chi connectivity index (χ0n) is 6.94. The maximum atomic E-state index is 11.0. The molecule has 1 aromatic carbocycles. The highest BCUT2D eigenvalue weighted by atomic mass is 16.7. The summed E-state index contributed by atoms with van der Waals surface area (Å²) in [6, 6.07) is 8.82. The van der Waals surface area contributed by atoms with Crippen molar-refractivity contribution in [2.45, 2.75) is 12.1 Å². The van der Waals surface area contributed by atoms with Crippen molar-refractivity contribution < 1.29 is 9.63 Å². The van der Waals surface area contributed by atoms with E-state index < -0.39 is 6.04 Å². The topological polar surface area (TPSA) is 64.4 Å². The average Bonchev–Trinajstić information content (AvgIpc) is 2.49. The van der Waals surface area contributed by atoms with Gasteiger partial charge in [-0.3, -0.25) is 9.63 Å². The van der Waals surface area contributed by atoms with Crippen molar-refractivity contribution >= 4 is 5.91 Å². The standard InChI is InChI=1S/C9H10N2O2/c10-7-8(13-11-9(7)12)6-4-2-1-3-5-6/h1-5,7-8H,10H2,(H,11,12)/t7-,8-/m0/s1. The highest BCUT2D eigenvalue weighted by molar-refractivity contribution is 5.83. The molecule has 1 heterocycles. The summed E-state index contributed by atoms with van der Waals surface area (Å²) in [5.74, 6) is -0.270. The second-order valence-electron chi connectivity index (χ2n) is 2.94. The summed E-state index contributed by atoms with van der Waals surface area (Å²) >= 11 is 0. The number of nitrogens with one attached hydrogen (secondary N) is 1. The van der Waals surface area contributed by atoms with Crippen molar-refractivity contribution in [2.24, 2.45) is 5.73 Å². The second-order valence-corrected chi connectivity index (χ2v) is 2.94. The van der Waals surface area contributed by atoms with Gasteiger partial charge in [0.1, 0.15) is 12.1 Å². The first-order valence-electron chi connectivity index (χ1n) is 4.05. The first-order valence-corrected chi connectivity index (χ1v) is 4.05. The van der Waals surface area contributed by atoms with Gasteiger partial charge in [0.05, 0.1) is 0 Å². The Morgan fingerprint density at radius 2 is 2.00 bits per heavy atom. The number of amides is 1. The van der Waals surface area contributed by atoms with Gasteiger partial charge in [-0.1, -0.05) is 30.3 Å². The lowest BCUT2D eigenvalue weighted by atomic mass is 10.0. The van der Waals surface area contributed by atoms with Gasteiger partial charge in [-0.2, -0.15) is 0 Å². The van der Waals surface area contributed by atoms with E-state index in [1.165, 1.54) is 0 Å². The minimum atomic E-state index is -0.609. The molecule has 0 bridgehead atoms. The van der Waals surface area contributed by atoms with Gasteiger partial charge in [-0.25, -0.2) is 5.48 Å². The van der Waals surface area contributed by atoms with Crippen LogP contribution in [0.25, 0.3) is 0 Å². The zero-order chi connectivity index (χ0) is 9.26. The van der Waals surface area contributed by atoms with E-state index in [2.05, 4.69) is 5.48 Å². The molecule has 68 valence electrons. The van der Waals surface area contributed by atoms with Gasteiger partial charge in [-0.05, 0) is 5.56 Å². The number of carbonyl (C=O) groups excluding carboxylic acids is 1. The second kappa shape index (κ2) is 3.16. The normalized spacial score (nSPS) is 27.3. The van der Waals surface area contributed by atoms with Crippen LogP contribution in [-0.2, 0) is 9.63 Å². The molecular formula is C9H10N2O2. The first-order chi connectivity index (χ1) is 6.29. The van der Waals surface area contributed by atoms with E-state index in [-0.39, 0.29) is 12.0 Å². The Balaban J connectivity index is 2.24. The average molecular weight is 178 g/mol. The van der Waals surface area contributed by atoms with Crippen molar-refractivity contribution in [3.63, 3.8) is 0 Å². The van der Waals surface area contributed by atoms with Crippen LogP contribution in [0.2, 0.25) is 0 Å². The molecule has 1 saturated heterocycles. The lowest BCUT2D eigenvalue weighted by molar-refractivity contribution is -0.125. The van der Waals surface area contributed by atoms with Gasteiger partial charge in [0, 0.05) is 0 Å². The molecule has 13 heavy (non-hydrogen) atoms. The van der Waals surface area contributed by atoms with Crippen LogP contribution in [0.3, 0.4) is 0 Å². The number of nitrogens with two attached hydrogens (primary N) is 1. The maximum absolute atomic E-state index is 11.0. The smallest absolute Gasteiger partial charge is 0.263 e. The van der Waals surface area contributed by atoms with E-state index in [0.717, 1.165) is 5.56 Å². The van der Waals surface area contributed by atoms with Crippen LogP contribution in [0.4, 0.5) is 0 Å². The molecule has 0 spiro atoms. The van der Waals surface area contributed by atoms with Crippen LogP contribution >= 0.6 is 0 Å². The molecule has 2 atom stereocenters. The summed E-state index contributed by atoms with van der Waals surface area (Å²) in [5, 5.41) is 0. The number of hydroxylamine groups is 1. The van der Waals surface area contributed by atoms with Gasteiger partial charge >= 0.3 is 0 Å². The fourth-order valence-corrected chi connectivity index (χ4v) is 1.32. The number of benzene rings is 1. The molecule has 0 saturated carbocycles. The first kappa shape index (κ1) is 8.22. The van der Waals surface area contributed by atoms with E-state index in [0.29, 0.717) is 0 Å². The fourth-order valence-electron chi connectivity index (χ4n) is 1.32. The van der Waals surface area contributed by atoms with Crippen LogP contribution < -0.4 is 11.2 Å². The van der Waals surface area contributed by atoms with Gasteiger partial charge in [0.2, 0.25) is 0 Å². The van der Waals surface area contributed by atoms with Gasteiger partial charge in [0.15, 0.2) is 0 Å². The van der Waals surface area contributed by atoms with E-state index in [9.17, 15) is 4.79 Å². The largest absolute Gasteiger partial charge is 0.317 e. The van der Waals surface area contributed by atoms with Crippen molar-refractivity contribution in [3.05, 3.63) is 35.9 Å². The molecule has 0 aliphatic carbocycles. The monoisotopic (exact) mass is 178 g/mol. The van der Waals surface area contributed by atoms with Gasteiger partial charge in [0.25, 0.3) is 5.91 Å². The number of carbonyl (C=O) groups is 1. The van der Waals surface area contributed by atoms with Crippen molar-refractivity contribution in [1.82, 2.24) is 5.48 Å². The molecule has 0 aromatic heterocycles. The minimum Gasteiger partial charge on any atom is -0.317 e. The number of rotatable bonds is 1. The Morgan fingerprint density at radius 3 is 2.54 bits per heavy atom. The quantitative estimate of drug-likeness (QED) is 0.641. The SMILES string of the molecule is N[C@@H]1C(=O)NO[C@H]1c1ccccc1. The molecule has 3 N–H and O–H groups in total. The molecule has 2 rings (SSSR count). The Hall–Kier alpha value is -1.39. The summed E-state index contributed by atoms with van der Waals surface area (Å²) < 4.78 is 0. The zero-order valence-corrected chi connectivity index (χ0v) is 6.94. The maximum Gasteiger partial charge on any atom is 0.263 e. The van der Waals surface area contributed by atoms with E-state index in [1.807, 2.05) is 30.3 Å². The lowest BCUT2D eigenvalue weighted by Crippen LogP contribution is -2.33. The molecule has 1 aromatic rings. The number of hydrogen-bond donors (Lipinski definition) is 2. The third kappa shape index (κ3) is 1.41. The van der Waals surface area contributed by atoms with E-state index >= 15 is 0 Å². The van der Waals surface area contributed by atoms with Crippen LogP contribution in [0.15, 0.2) is 30.3 Å². The predicted octanol–water partition coefficient (Wildman–Crippen LogP) is 0.116. The molecular weight excluding hydrogens is 168 g/mol. The summed E-state index contributed by atoms with van der Waals surface area (Å²) in [6.45, 7) is 0. The highest BCUT2D eigenvalue weighted by Gasteiger charge is 2.34. The Kier molecular flexibility index (Phi) is 2.00. The molecule has 0 radical (unpaired) electrons. The molecule has 4 heteroatoms. The Morgan fingerprint density at radius 1 is 1.31 bits per heavy atom. The van der Waals surface area contributed by atoms with Crippen LogP contribution in [0.5, 0.6) is 0 Å². The van der Waals surface area contributed by atoms with Gasteiger partial charge in [-0.15, -0.1) is 0 Å². The van der Waals surface area contributed by atoms with Gasteiger partial charge < -0.3 is 5.73 Å². The van der Waals surface area contributed by atoms with Crippen molar-refractivity contribution in [3.8, 4) is 0 Å².